The molecule has 0 saturated heterocycles. The van der Waals surface area contributed by atoms with Crippen molar-refractivity contribution in [3.63, 3.8) is 0 Å². The molecule has 5 nitrogen and oxygen atoms in total. The lowest BCUT2D eigenvalue weighted by Crippen LogP contribution is -2.39. The summed E-state index contributed by atoms with van der Waals surface area (Å²) in [5.41, 5.74) is 12.2. The second-order valence-corrected chi connectivity index (χ2v) is 7.68. The van der Waals surface area contributed by atoms with E-state index < -0.39 is 5.92 Å². The molecule has 142 valence electrons. The van der Waals surface area contributed by atoms with Gasteiger partial charge in [-0.25, -0.2) is 4.99 Å². The molecule has 29 heavy (non-hydrogen) atoms. The number of Topliss-reactive ketones (excluding diaryl/α,β-unsaturated/α-hetero) is 1. The number of fused-ring (bicyclic) bond motifs is 4. The first-order chi connectivity index (χ1) is 14.1. The number of para-hydroxylation sites is 1. The molecule has 5 heteroatoms. The number of nitrogens with zero attached hydrogens (tertiary/aromatic N) is 3. The van der Waals surface area contributed by atoms with Crippen LogP contribution in [0.25, 0.3) is 0 Å². The Hall–Kier alpha value is -3.65. The number of rotatable bonds is 1. The van der Waals surface area contributed by atoms with E-state index in [1.165, 1.54) is 0 Å². The van der Waals surface area contributed by atoms with Gasteiger partial charge in [0.05, 0.1) is 23.2 Å². The molecule has 0 radical (unpaired) electrons. The van der Waals surface area contributed by atoms with Crippen LogP contribution in [-0.4, -0.2) is 11.6 Å². The molecule has 1 aliphatic carbocycles. The molecule has 2 aromatic rings. The molecule has 2 aliphatic heterocycles. The van der Waals surface area contributed by atoms with E-state index in [0.717, 1.165) is 46.5 Å². The zero-order valence-corrected chi connectivity index (χ0v) is 16.1. The Balaban J connectivity index is 1.83. The molecule has 0 bridgehead atoms. The highest BCUT2D eigenvalue weighted by Crippen LogP contribution is 2.49. The molecule has 5 rings (SSSR count). The summed E-state index contributed by atoms with van der Waals surface area (Å²) >= 11 is 0. The molecule has 0 fully saturated rings. The van der Waals surface area contributed by atoms with Crippen LogP contribution >= 0.6 is 0 Å². The zero-order chi connectivity index (χ0) is 20.1. The number of hydrogen-bond acceptors (Lipinski definition) is 5. The summed E-state index contributed by atoms with van der Waals surface area (Å²) in [4.78, 5) is 19.7. The fraction of sp³-hybridized carbons (Fsp3) is 0.208. The third-order valence-corrected chi connectivity index (χ3v) is 5.91. The first-order valence-electron chi connectivity index (χ1n) is 9.81. The third-order valence-electron chi connectivity index (χ3n) is 5.91. The fourth-order valence-corrected chi connectivity index (χ4v) is 4.56. The van der Waals surface area contributed by atoms with Crippen molar-refractivity contribution in [1.29, 1.82) is 5.26 Å². The molecular weight excluding hydrogens is 360 g/mol. The lowest BCUT2D eigenvalue weighted by Gasteiger charge is -2.41. The highest BCUT2D eigenvalue weighted by atomic mass is 16.1. The van der Waals surface area contributed by atoms with Gasteiger partial charge in [0.15, 0.2) is 11.6 Å². The summed E-state index contributed by atoms with van der Waals surface area (Å²) in [6.07, 6.45) is 2.08. The number of benzene rings is 2. The van der Waals surface area contributed by atoms with Crippen molar-refractivity contribution >= 4 is 17.3 Å². The second kappa shape index (κ2) is 6.46. The zero-order valence-electron chi connectivity index (χ0n) is 16.1. The van der Waals surface area contributed by atoms with Crippen molar-refractivity contribution in [2.75, 3.05) is 4.90 Å². The summed E-state index contributed by atoms with van der Waals surface area (Å²) < 4.78 is 0. The number of hydrogen-bond donors (Lipinski definition) is 1. The minimum Gasteiger partial charge on any atom is -0.383 e. The van der Waals surface area contributed by atoms with E-state index in [1.807, 2.05) is 60.4 Å². The minimum atomic E-state index is -0.406. The second-order valence-electron chi connectivity index (χ2n) is 7.68. The Morgan fingerprint density at radius 3 is 2.66 bits per heavy atom. The largest absolute Gasteiger partial charge is 0.383 e. The van der Waals surface area contributed by atoms with Gasteiger partial charge in [-0.2, -0.15) is 5.26 Å². The predicted octanol–water partition coefficient (Wildman–Crippen LogP) is 4.06. The first kappa shape index (κ1) is 17.4. The summed E-state index contributed by atoms with van der Waals surface area (Å²) in [6, 6.07) is 18.2. The summed E-state index contributed by atoms with van der Waals surface area (Å²) in [5, 5.41) is 10.1. The lowest BCUT2D eigenvalue weighted by molar-refractivity contribution is -0.116. The van der Waals surface area contributed by atoms with Crippen molar-refractivity contribution in [1.82, 2.24) is 0 Å². The van der Waals surface area contributed by atoms with Gasteiger partial charge in [-0.1, -0.05) is 42.0 Å². The van der Waals surface area contributed by atoms with Crippen LogP contribution in [0.5, 0.6) is 0 Å². The Bertz CT molecular complexity index is 1180. The van der Waals surface area contributed by atoms with Gasteiger partial charge < -0.3 is 5.73 Å². The molecule has 0 saturated carbocycles. The lowest BCUT2D eigenvalue weighted by atomic mass is 9.75. The summed E-state index contributed by atoms with van der Waals surface area (Å²) in [6.45, 7) is 2.02. The fourth-order valence-electron chi connectivity index (χ4n) is 4.56. The number of ketones is 1. The number of anilines is 1. The molecule has 0 spiro atoms. The SMILES string of the molecule is Cc1ccc([C@@H]2C(C#N)=C3N=C(N)c4ccccc4N3C3=C2C(=O)CCC3)cc1. The molecule has 2 heterocycles. The van der Waals surface area contributed by atoms with E-state index in [4.69, 9.17) is 5.73 Å². The van der Waals surface area contributed by atoms with Crippen molar-refractivity contribution in [2.24, 2.45) is 10.7 Å². The van der Waals surface area contributed by atoms with Gasteiger partial charge in [-0.05, 0) is 37.5 Å². The van der Waals surface area contributed by atoms with Crippen LogP contribution in [-0.2, 0) is 4.79 Å². The Morgan fingerprint density at radius 1 is 1.14 bits per heavy atom. The Labute approximate surface area is 169 Å². The smallest absolute Gasteiger partial charge is 0.161 e. The Morgan fingerprint density at radius 2 is 1.90 bits per heavy atom. The van der Waals surface area contributed by atoms with Gasteiger partial charge in [-0.15, -0.1) is 0 Å². The molecule has 2 aromatic carbocycles. The number of aliphatic imine (C=N–C) groups is 1. The maximum absolute atomic E-state index is 13.1. The molecule has 0 amide bonds. The number of carbonyl (C=O) groups is 1. The number of nitrogens with two attached hydrogens (primary N) is 1. The van der Waals surface area contributed by atoms with Crippen molar-refractivity contribution in [3.8, 4) is 6.07 Å². The standard InChI is InChI=1S/C24H20N4O/c1-14-9-11-15(12-10-14)21-17(13-25)24-27-23(26)16-5-2-3-6-18(16)28(24)19-7-4-8-20(29)22(19)21/h2-3,5-6,9-12,21H,4,7-8H2,1H3,(H2,26,27)/t21-/m1/s1. The highest BCUT2D eigenvalue weighted by molar-refractivity contribution is 6.08. The average molecular weight is 380 g/mol. The quantitative estimate of drug-likeness (QED) is 0.809. The van der Waals surface area contributed by atoms with Crippen LogP contribution in [0.3, 0.4) is 0 Å². The van der Waals surface area contributed by atoms with Crippen molar-refractivity contribution < 1.29 is 4.79 Å². The number of aryl methyl sites for hydroxylation is 1. The molecule has 1 atom stereocenters. The monoisotopic (exact) mass is 380 g/mol. The van der Waals surface area contributed by atoms with Crippen LogP contribution in [0.1, 0.15) is 41.9 Å². The minimum absolute atomic E-state index is 0.114. The van der Waals surface area contributed by atoms with Crippen molar-refractivity contribution in [2.45, 2.75) is 32.1 Å². The van der Waals surface area contributed by atoms with Gasteiger partial charge in [-0.3, -0.25) is 9.69 Å². The average Bonchev–Trinajstić information content (AvgIpc) is 2.74. The summed E-state index contributed by atoms with van der Waals surface area (Å²) in [5.74, 6) is 0.649. The van der Waals surface area contributed by atoms with E-state index in [1.54, 1.807) is 0 Å². The van der Waals surface area contributed by atoms with E-state index in [9.17, 15) is 10.1 Å². The van der Waals surface area contributed by atoms with E-state index in [-0.39, 0.29) is 5.78 Å². The topological polar surface area (TPSA) is 82.5 Å². The highest BCUT2D eigenvalue weighted by Gasteiger charge is 2.42. The predicted molar refractivity (Wildman–Crippen MR) is 112 cm³/mol. The summed E-state index contributed by atoms with van der Waals surface area (Å²) in [7, 11) is 0. The van der Waals surface area contributed by atoms with Gasteiger partial charge in [0, 0.05) is 23.3 Å². The first-order valence-corrected chi connectivity index (χ1v) is 9.81. The maximum Gasteiger partial charge on any atom is 0.161 e. The van der Waals surface area contributed by atoms with E-state index in [0.29, 0.717) is 23.7 Å². The number of carbonyl (C=O) groups excluding carboxylic acids is 1. The number of amidine groups is 1. The van der Waals surface area contributed by atoms with E-state index >= 15 is 0 Å². The number of allylic oxidation sites excluding steroid dienone is 3. The van der Waals surface area contributed by atoms with Gasteiger partial charge in [0.1, 0.15) is 5.84 Å². The van der Waals surface area contributed by atoms with Gasteiger partial charge in [0.25, 0.3) is 0 Å². The normalized spacial score (nSPS) is 20.6. The number of nitriles is 1. The maximum atomic E-state index is 13.1. The molecule has 3 aliphatic rings. The van der Waals surface area contributed by atoms with Crippen LogP contribution < -0.4 is 10.6 Å². The van der Waals surface area contributed by atoms with Crippen LogP contribution in [0.15, 0.2) is 76.2 Å². The van der Waals surface area contributed by atoms with Crippen LogP contribution in [0.2, 0.25) is 0 Å². The van der Waals surface area contributed by atoms with E-state index in [2.05, 4.69) is 11.1 Å². The third kappa shape index (κ3) is 2.53. The molecule has 0 unspecified atom stereocenters. The van der Waals surface area contributed by atoms with Gasteiger partial charge in [0.2, 0.25) is 0 Å². The molecular formula is C24H20N4O. The van der Waals surface area contributed by atoms with Crippen LogP contribution in [0.4, 0.5) is 5.69 Å². The van der Waals surface area contributed by atoms with Crippen molar-refractivity contribution in [3.05, 3.63) is 87.9 Å². The van der Waals surface area contributed by atoms with Crippen LogP contribution in [0, 0.1) is 18.3 Å². The Kier molecular flexibility index (Phi) is 3.88. The molecule has 2 N–H and O–H groups in total. The van der Waals surface area contributed by atoms with Gasteiger partial charge >= 0.3 is 0 Å². The molecule has 0 aromatic heterocycles.